The molecule has 0 aromatic heterocycles. The Morgan fingerprint density at radius 2 is 1.95 bits per heavy atom. The summed E-state index contributed by atoms with van der Waals surface area (Å²) in [6.45, 7) is 4.50. The Kier molecular flexibility index (Phi) is 5.83. The van der Waals surface area contributed by atoms with Gasteiger partial charge in [-0.05, 0) is 31.4 Å². The van der Waals surface area contributed by atoms with Crippen molar-refractivity contribution in [2.45, 2.75) is 38.5 Å². The van der Waals surface area contributed by atoms with Crippen molar-refractivity contribution in [2.24, 2.45) is 0 Å². The Morgan fingerprint density at radius 3 is 2.59 bits per heavy atom. The maximum absolute atomic E-state index is 11.4. The Hall–Kier alpha value is -1.11. The molecule has 124 valence electrons. The topological polar surface area (TPSA) is 69.6 Å². The van der Waals surface area contributed by atoms with Crippen LogP contribution in [0.5, 0.6) is 0 Å². The number of aliphatic hydroxyl groups excluding tert-OH is 1. The summed E-state index contributed by atoms with van der Waals surface area (Å²) >= 11 is 0. The fourth-order valence-electron chi connectivity index (χ4n) is 2.88. The van der Waals surface area contributed by atoms with Gasteiger partial charge >= 0.3 is 0 Å². The summed E-state index contributed by atoms with van der Waals surface area (Å²) in [5.74, 6) is 0.122. The molecule has 0 bridgehead atoms. The number of nitrogens with zero attached hydrogens (tertiary/aromatic N) is 1. The molecule has 0 amide bonds. The number of sulfone groups is 1. The first-order chi connectivity index (χ1) is 10.3. The molecule has 1 unspecified atom stereocenters. The van der Waals surface area contributed by atoms with Crippen LogP contribution < -0.4 is 5.32 Å². The van der Waals surface area contributed by atoms with Crippen molar-refractivity contribution in [3.05, 3.63) is 29.8 Å². The van der Waals surface area contributed by atoms with Gasteiger partial charge in [0.2, 0.25) is 0 Å². The Morgan fingerprint density at radius 1 is 1.32 bits per heavy atom. The normalized spacial score (nSPS) is 19.0. The molecular weight excluding hydrogens is 300 g/mol. The van der Waals surface area contributed by atoms with Gasteiger partial charge in [0.15, 0.2) is 0 Å². The van der Waals surface area contributed by atoms with Gasteiger partial charge in [-0.3, -0.25) is 4.90 Å². The van der Waals surface area contributed by atoms with Crippen LogP contribution in [0.4, 0.5) is 5.69 Å². The van der Waals surface area contributed by atoms with Gasteiger partial charge in [0, 0.05) is 37.6 Å². The number of para-hydroxylation sites is 1. The van der Waals surface area contributed by atoms with Crippen molar-refractivity contribution in [3.63, 3.8) is 0 Å². The number of hydrogen-bond donors (Lipinski definition) is 2. The molecule has 2 rings (SSSR count). The molecule has 6 heteroatoms. The highest BCUT2D eigenvalue weighted by molar-refractivity contribution is 7.90. The number of rotatable bonds is 6. The lowest BCUT2D eigenvalue weighted by Crippen LogP contribution is -2.35. The molecule has 0 spiro atoms. The second-order valence-corrected chi connectivity index (χ2v) is 8.49. The van der Waals surface area contributed by atoms with Crippen LogP contribution in [0, 0.1) is 0 Å². The van der Waals surface area contributed by atoms with Crippen LogP contribution in [0.25, 0.3) is 0 Å². The third-order valence-corrected chi connectivity index (χ3v) is 5.03. The first-order valence-electron chi connectivity index (χ1n) is 7.76. The van der Waals surface area contributed by atoms with Crippen LogP contribution in [0.15, 0.2) is 24.3 Å². The van der Waals surface area contributed by atoms with E-state index in [1.807, 2.05) is 25.1 Å². The maximum atomic E-state index is 11.4. The molecule has 1 saturated heterocycles. The zero-order chi connectivity index (χ0) is 16.2. The van der Waals surface area contributed by atoms with Crippen molar-refractivity contribution in [2.75, 3.05) is 30.4 Å². The molecule has 22 heavy (non-hydrogen) atoms. The molecule has 0 radical (unpaired) electrons. The van der Waals surface area contributed by atoms with Crippen LogP contribution in [0.2, 0.25) is 0 Å². The molecule has 5 nitrogen and oxygen atoms in total. The molecule has 1 fully saturated rings. The monoisotopic (exact) mass is 326 g/mol. The average molecular weight is 326 g/mol. The van der Waals surface area contributed by atoms with E-state index in [1.54, 1.807) is 0 Å². The quantitative estimate of drug-likeness (QED) is 0.829. The summed E-state index contributed by atoms with van der Waals surface area (Å²) in [7, 11) is -2.99. The van der Waals surface area contributed by atoms with Gasteiger partial charge < -0.3 is 10.4 Å². The molecule has 2 N–H and O–H groups in total. The SMILES string of the molecule is CC(CS(C)(=O)=O)Nc1ccccc1CN1CCC(O)CC1. The number of nitrogens with one attached hydrogen (secondary N) is 1. The van der Waals surface area contributed by atoms with E-state index in [2.05, 4.69) is 16.3 Å². The van der Waals surface area contributed by atoms with E-state index in [0.717, 1.165) is 38.2 Å². The molecule has 1 heterocycles. The van der Waals surface area contributed by atoms with Gasteiger partial charge in [-0.15, -0.1) is 0 Å². The standard InChI is InChI=1S/C16H26N2O3S/c1-13(12-22(2,20)21)17-16-6-4-3-5-14(16)11-18-9-7-15(19)8-10-18/h3-6,13,15,17,19H,7-12H2,1-2H3. The van der Waals surface area contributed by atoms with E-state index in [0.29, 0.717) is 0 Å². The Balaban J connectivity index is 2.00. The van der Waals surface area contributed by atoms with Crippen LogP contribution in [0.1, 0.15) is 25.3 Å². The third kappa shape index (κ3) is 5.59. The number of aliphatic hydroxyl groups is 1. The number of piperidine rings is 1. The molecule has 1 aliphatic heterocycles. The smallest absolute Gasteiger partial charge is 0.149 e. The summed E-state index contributed by atoms with van der Waals surface area (Å²) < 4.78 is 22.8. The molecule has 1 aromatic rings. The fraction of sp³-hybridized carbons (Fsp3) is 0.625. The zero-order valence-corrected chi connectivity index (χ0v) is 14.1. The highest BCUT2D eigenvalue weighted by Crippen LogP contribution is 2.20. The van der Waals surface area contributed by atoms with Gasteiger partial charge in [0.1, 0.15) is 9.84 Å². The summed E-state index contributed by atoms with van der Waals surface area (Å²) in [6.07, 6.45) is 2.73. The third-order valence-electron chi connectivity index (χ3n) is 3.92. The summed E-state index contributed by atoms with van der Waals surface area (Å²) in [4.78, 5) is 2.33. The van der Waals surface area contributed by atoms with Crippen molar-refractivity contribution in [1.29, 1.82) is 0 Å². The van der Waals surface area contributed by atoms with E-state index in [-0.39, 0.29) is 17.9 Å². The highest BCUT2D eigenvalue weighted by atomic mass is 32.2. The Bertz CT molecular complexity index is 581. The minimum Gasteiger partial charge on any atom is -0.393 e. The summed E-state index contributed by atoms with van der Waals surface area (Å²) in [5, 5.41) is 12.9. The van der Waals surface area contributed by atoms with Crippen molar-refractivity contribution < 1.29 is 13.5 Å². The van der Waals surface area contributed by atoms with E-state index in [9.17, 15) is 13.5 Å². The second-order valence-electron chi connectivity index (χ2n) is 6.30. The van der Waals surface area contributed by atoms with Crippen LogP contribution in [0.3, 0.4) is 0 Å². The second kappa shape index (κ2) is 7.44. The van der Waals surface area contributed by atoms with Crippen LogP contribution >= 0.6 is 0 Å². The van der Waals surface area contributed by atoms with Gasteiger partial charge in [0.05, 0.1) is 11.9 Å². The number of benzene rings is 1. The molecule has 1 aliphatic rings. The van der Waals surface area contributed by atoms with E-state index >= 15 is 0 Å². The van der Waals surface area contributed by atoms with Crippen molar-refractivity contribution in [1.82, 2.24) is 4.90 Å². The van der Waals surface area contributed by atoms with Crippen LogP contribution in [-0.2, 0) is 16.4 Å². The summed E-state index contributed by atoms with van der Waals surface area (Å²) in [5.41, 5.74) is 2.16. The first kappa shape index (κ1) is 17.2. The zero-order valence-electron chi connectivity index (χ0n) is 13.3. The predicted octanol–water partition coefficient (Wildman–Crippen LogP) is 1.49. The lowest BCUT2D eigenvalue weighted by atomic mass is 10.1. The lowest BCUT2D eigenvalue weighted by molar-refractivity contribution is 0.0793. The van der Waals surface area contributed by atoms with Gasteiger partial charge in [-0.1, -0.05) is 18.2 Å². The lowest BCUT2D eigenvalue weighted by Gasteiger charge is -2.30. The highest BCUT2D eigenvalue weighted by Gasteiger charge is 2.18. The number of anilines is 1. The minimum absolute atomic E-state index is 0.122. The largest absolute Gasteiger partial charge is 0.393 e. The number of hydrogen-bond acceptors (Lipinski definition) is 5. The number of likely N-dealkylation sites (tertiary alicyclic amines) is 1. The van der Waals surface area contributed by atoms with E-state index in [1.165, 1.54) is 11.8 Å². The molecule has 1 aromatic carbocycles. The van der Waals surface area contributed by atoms with Crippen molar-refractivity contribution >= 4 is 15.5 Å². The maximum Gasteiger partial charge on any atom is 0.149 e. The molecule has 0 saturated carbocycles. The average Bonchev–Trinajstić information content (AvgIpc) is 2.41. The van der Waals surface area contributed by atoms with Crippen molar-refractivity contribution in [3.8, 4) is 0 Å². The molecular formula is C16H26N2O3S. The fourth-order valence-corrected chi connectivity index (χ4v) is 3.87. The predicted molar refractivity (Wildman–Crippen MR) is 89.8 cm³/mol. The van der Waals surface area contributed by atoms with Crippen LogP contribution in [-0.4, -0.2) is 55.7 Å². The first-order valence-corrected chi connectivity index (χ1v) is 9.82. The minimum atomic E-state index is -2.99. The van der Waals surface area contributed by atoms with Gasteiger partial charge in [-0.2, -0.15) is 0 Å². The van der Waals surface area contributed by atoms with E-state index < -0.39 is 9.84 Å². The summed E-state index contributed by atoms with van der Waals surface area (Å²) in [6, 6.07) is 7.90. The molecule has 0 aliphatic carbocycles. The van der Waals surface area contributed by atoms with Gasteiger partial charge in [0.25, 0.3) is 0 Å². The van der Waals surface area contributed by atoms with E-state index in [4.69, 9.17) is 0 Å². The van der Waals surface area contributed by atoms with Gasteiger partial charge in [-0.25, -0.2) is 8.42 Å². The molecule has 1 atom stereocenters. The Labute approximate surface area is 133 Å².